The Morgan fingerprint density at radius 2 is 1.85 bits per heavy atom. The average molecular weight is 335 g/mol. The predicted octanol–water partition coefficient (Wildman–Crippen LogP) is 3.76. The standard InChI is InChI=1S/C16H15BrO3/c1-11(18)12-6-3-5-9-16(12)20-10-15(19)13-7-2-4-8-14(13)17/h2-9,15,19H,10H2,1H3. The number of carbonyl (C=O) groups is 1. The van der Waals surface area contributed by atoms with E-state index < -0.39 is 6.10 Å². The van der Waals surface area contributed by atoms with Crippen LogP contribution in [0.25, 0.3) is 0 Å². The van der Waals surface area contributed by atoms with Gasteiger partial charge in [0.05, 0.1) is 5.56 Å². The highest BCUT2D eigenvalue weighted by atomic mass is 79.9. The first-order chi connectivity index (χ1) is 9.59. The van der Waals surface area contributed by atoms with Crippen LogP contribution in [0.5, 0.6) is 5.75 Å². The van der Waals surface area contributed by atoms with Crippen molar-refractivity contribution in [3.63, 3.8) is 0 Å². The maximum absolute atomic E-state index is 11.5. The lowest BCUT2D eigenvalue weighted by atomic mass is 10.1. The van der Waals surface area contributed by atoms with Crippen molar-refractivity contribution in [2.75, 3.05) is 6.61 Å². The SMILES string of the molecule is CC(=O)c1ccccc1OCC(O)c1ccccc1Br. The summed E-state index contributed by atoms with van der Waals surface area (Å²) in [4.78, 5) is 11.5. The number of Topliss-reactive ketones (excluding diaryl/α,β-unsaturated/α-hetero) is 1. The molecular formula is C16H15BrO3. The monoisotopic (exact) mass is 334 g/mol. The number of hydrogen-bond acceptors (Lipinski definition) is 3. The maximum atomic E-state index is 11.5. The molecule has 104 valence electrons. The molecular weight excluding hydrogens is 320 g/mol. The number of hydrogen-bond donors (Lipinski definition) is 1. The minimum atomic E-state index is -0.759. The van der Waals surface area contributed by atoms with Gasteiger partial charge in [-0.1, -0.05) is 46.3 Å². The number of carbonyl (C=O) groups excluding carboxylic acids is 1. The Hall–Kier alpha value is -1.65. The van der Waals surface area contributed by atoms with Gasteiger partial charge in [-0.2, -0.15) is 0 Å². The number of ketones is 1. The third kappa shape index (κ3) is 3.46. The van der Waals surface area contributed by atoms with Crippen LogP contribution in [0.3, 0.4) is 0 Å². The molecule has 0 saturated heterocycles. The molecule has 0 aliphatic rings. The van der Waals surface area contributed by atoms with Crippen molar-refractivity contribution in [3.8, 4) is 5.75 Å². The van der Waals surface area contributed by atoms with Crippen LogP contribution in [0, 0.1) is 0 Å². The average Bonchev–Trinajstić information content (AvgIpc) is 2.45. The normalized spacial score (nSPS) is 11.9. The molecule has 2 rings (SSSR count). The second-order valence-corrected chi connectivity index (χ2v) is 5.25. The molecule has 0 radical (unpaired) electrons. The summed E-state index contributed by atoms with van der Waals surface area (Å²) in [6, 6.07) is 14.4. The zero-order chi connectivity index (χ0) is 14.5. The van der Waals surface area contributed by atoms with Crippen LogP contribution in [0.2, 0.25) is 0 Å². The Bertz CT molecular complexity index is 610. The first-order valence-electron chi connectivity index (χ1n) is 6.25. The van der Waals surface area contributed by atoms with Crippen molar-refractivity contribution < 1.29 is 14.6 Å². The summed E-state index contributed by atoms with van der Waals surface area (Å²) in [6.07, 6.45) is -0.759. The molecule has 0 amide bonds. The van der Waals surface area contributed by atoms with E-state index in [0.29, 0.717) is 11.3 Å². The molecule has 0 bridgehead atoms. The molecule has 1 unspecified atom stereocenters. The van der Waals surface area contributed by atoms with E-state index in [2.05, 4.69) is 15.9 Å². The first kappa shape index (κ1) is 14.8. The van der Waals surface area contributed by atoms with Crippen LogP contribution in [0.15, 0.2) is 53.0 Å². The smallest absolute Gasteiger partial charge is 0.163 e. The molecule has 0 saturated carbocycles. The van der Waals surface area contributed by atoms with E-state index in [0.717, 1.165) is 10.0 Å². The van der Waals surface area contributed by atoms with Gasteiger partial charge in [-0.15, -0.1) is 0 Å². The molecule has 1 N–H and O–H groups in total. The van der Waals surface area contributed by atoms with Crippen LogP contribution in [-0.2, 0) is 0 Å². The lowest BCUT2D eigenvalue weighted by Crippen LogP contribution is -2.11. The van der Waals surface area contributed by atoms with Gasteiger partial charge in [0, 0.05) is 4.47 Å². The summed E-state index contributed by atoms with van der Waals surface area (Å²) >= 11 is 3.39. The summed E-state index contributed by atoms with van der Waals surface area (Å²) < 4.78 is 6.41. The van der Waals surface area contributed by atoms with E-state index in [1.165, 1.54) is 6.92 Å². The third-order valence-electron chi connectivity index (χ3n) is 2.93. The minimum absolute atomic E-state index is 0.0593. The Labute approximate surface area is 126 Å². The number of rotatable bonds is 5. The van der Waals surface area contributed by atoms with Gasteiger partial charge < -0.3 is 9.84 Å². The zero-order valence-corrected chi connectivity index (χ0v) is 12.6. The van der Waals surface area contributed by atoms with Crippen LogP contribution >= 0.6 is 15.9 Å². The molecule has 0 spiro atoms. The lowest BCUT2D eigenvalue weighted by molar-refractivity contribution is 0.0976. The maximum Gasteiger partial charge on any atom is 0.163 e. The number of halogens is 1. The molecule has 0 aliphatic carbocycles. The van der Waals surface area contributed by atoms with E-state index in [1.54, 1.807) is 24.3 Å². The van der Waals surface area contributed by atoms with Crippen LogP contribution < -0.4 is 4.74 Å². The van der Waals surface area contributed by atoms with Crippen molar-refractivity contribution >= 4 is 21.7 Å². The Morgan fingerprint density at radius 3 is 2.55 bits per heavy atom. The molecule has 4 heteroatoms. The molecule has 20 heavy (non-hydrogen) atoms. The number of benzene rings is 2. The molecule has 2 aromatic carbocycles. The highest BCUT2D eigenvalue weighted by Crippen LogP contribution is 2.25. The molecule has 0 aromatic heterocycles. The third-order valence-corrected chi connectivity index (χ3v) is 3.65. The van der Waals surface area contributed by atoms with Gasteiger partial charge >= 0.3 is 0 Å². The van der Waals surface area contributed by atoms with Gasteiger partial charge in [0.1, 0.15) is 18.5 Å². The summed E-state index contributed by atoms with van der Waals surface area (Å²) in [6.45, 7) is 1.58. The highest BCUT2D eigenvalue weighted by molar-refractivity contribution is 9.10. The number of para-hydroxylation sites is 1. The second kappa shape index (κ2) is 6.68. The fraction of sp³-hybridized carbons (Fsp3) is 0.188. The summed E-state index contributed by atoms with van der Waals surface area (Å²) in [5, 5.41) is 10.2. The van der Waals surface area contributed by atoms with E-state index in [1.807, 2.05) is 24.3 Å². The summed E-state index contributed by atoms with van der Waals surface area (Å²) in [7, 11) is 0. The van der Waals surface area contributed by atoms with E-state index >= 15 is 0 Å². The Morgan fingerprint density at radius 1 is 1.20 bits per heavy atom. The Balaban J connectivity index is 2.10. The van der Waals surface area contributed by atoms with Crippen molar-refractivity contribution in [1.29, 1.82) is 0 Å². The van der Waals surface area contributed by atoms with E-state index in [-0.39, 0.29) is 12.4 Å². The van der Waals surface area contributed by atoms with Crippen LogP contribution in [0.4, 0.5) is 0 Å². The highest BCUT2D eigenvalue weighted by Gasteiger charge is 2.13. The van der Waals surface area contributed by atoms with Gasteiger partial charge in [-0.05, 0) is 30.7 Å². The van der Waals surface area contributed by atoms with Gasteiger partial charge in [-0.25, -0.2) is 0 Å². The van der Waals surface area contributed by atoms with Crippen molar-refractivity contribution in [1.82, 2.24) is 0 Å². The minimum Gasteiger partial charge on any atom is -0.490 e. The lowest BCUT2D eigenvalue weighted by Gasteiger charge is -2.15. The molecule has 0 fully saturated rings. The van der Waals surface area contributed by atoms with Crippen LogP contribution in [0.1, 0.15) is 28.9 Å². The molecule has 1 atom stereocenters. The molecule has 3 nitrogen and oxygen atoms in total. The number of aliphatic hydroxyl groups is 1. The van der Waals surface area contributed by atoms with Gasteiger partial charge in [-0.3, -0.25) is 4.79 Å². The van der Waals surface area contributed by atoms with Crippen molar-refractivity contribution in [2.45, 2.75) is 13.0 Å². The Kier molecular flexibility index (Phi) is 4.93. The second-order valence-electron chi connectivity index (χ2n) is 4.40. The van der Waals surface area contributed by atoms with Gasteiger partial charge in [0.15, 0.2) is 5.78 Å². The van der Waals surface area contributed by atoms with Crippen molar-refractivity contribution in [2.24, 2.45) is 0 Å². The van der Waals surface area contributed by atoms with Gasteiger partial charge in [0.25, 0.3) is 0 Å². The van der Waals surface area contributed by atoms with Gasteiger partial charge in [0.2, 0.25) is 0 Å². The predicted molar refractivity (Wildman–Crippen MR) is 81.0 cm³/mol. The van der Waals surface area contributed by atoms with E-state index in [4.69, 9.17) is 4.74 Å². The molecule has 2 aromatic rings. The zero-order valence-electron chi connectivity index (χ0n) is 11.0. The first-order valence-corrected chi connectivity index (χ1v) is 7.04. The van der Waals surface area contributed by atoms with Crippen LogP contribution in [-0.4, -0.2) is 17.5 Å². The number of ether oxygens (including phenoxy) is 1. The van der Waals surface area contributed by atoms with Crippen molar-refractivity contribution in [3.05, 3.63) is 64.1 Å². The fourth-order valence-corrected chi connectivity index (χ4v) is 2.44. The number of aliphatic hydroxyl groups excluding tert-OH is 1. The molecule has 0 aliphatic heterocycles. The van der Waals surface area contributed by atoms with E-state index in [9.17, 15) is 9.90 Å². The summed E-state index contributed by atoms with van der Waals surface area (Å²) in [5.74, 6) is 0.432. The fourth-order valence-electron chi connectivity index (χ4n) is 1.89. The topological polar surface area (TPSA) is 46.5 Å². The molecule has 0 heterocycles. The summed E-state index contributed by atoms with van der Waals surface area (Å²) in [5.41, 5.74) is 1.28. The largest absolute Gasteiger partial charge is 0.490 e. The quantitative estimate of drug-likeness (QED) is 0.846.